The van der Waals surface area contributed by atoms with Crippen molar-refractivity contribution in [1.29, 1.82) is 0 Å². The molecule has 1 aromatic rings. The zero-order valence-electron chi connectivity index (χ0n) is 35.4. The first-order valence-electron chi connectivity index (χ1n) is 19.1. The van der Waals surface area contributed by atoms with Gasteiger partial charge in [0.05, 0.1) is 44.9 Å². The highest BCUT2D eigenvalue weighted by Gasteiger charge is 2.40. The van der Waals surface area contributed by atoms with Gasteiger partial charge in [-0.05, 0) is 53.5 Å². The molecule has 21 nitrogen and oxygen atoms in total. The number of ether oxygens (including phenoxy) is 4. The highest BCUT2D eigenvalue weighted by atomic mass is 32.1. The zero-order valence-corrected chi connectivity index (χ0v) is 36.3. The van der Waals surface area contributed by atoms with Crippen molar-refractivity contribution in [3.05, 3.63) is 48.0 Å². The van der Waals surface area contributed by atoms with E-state index in [2.05, 4.69) is 39.2 Å². The maximum atomic E-state index is 13.7. The molecule has 1 aliphatic heterocycles. The van der Waals surface area contributed by atoms with Crippen LogP contribution in [0.1, 0.15) is 53.5 Å². The van der Waals surface area contributed by atoms with E-state index in [9.17, 15) is 43.2 Å². The molecule has 3 atom stereocenters. The molecule has 1 heterocycles. The van der Waals surface area contributed by atoms with Gasteiger partial charge in [0.15, 0.2) is 0 Å². The molecule has 0 bridgehead atoms. The van der Waals surface area contributed by atoms with E-state index in [0.717, 1.165) is 17.1 Å². The number of nitrogens with one attached hydrogen (secondary N) is 5. The number of carbonyl (C=O) groups excluding carboxylic acids is 8. The van der Waals surface area contributed by atoms with E-state index in [1.165, 1.54) is 0 Å². The molecule has 0 saturated carbocycles. The highest BCUT2D eigenvalue weighted by Crippen LogP contribution is 2.23. The van der Waals surface area contributed by atoms with Crippen molar-refractivity contribution >= 4 is 66.0 Å². The molecule has 0 fully saturated rings. The van der Waals surface area contributed by atoms with E-state index in [1.54, 1.807) is 65.1 Å². The number of hydrogen-bond donors (Lipinski definition) is 7. The predicted molar refractivity (Wildman–Crippen MR) is 219 cm³/mol. The number of amides is 8. The van der Waals surface area contributed by atoms with E-state index >= 15 is 0 Å². The molecule has 1 aromatic carbocycles. The van der Waals surface area contributed by atoms with E-state index in [0.29, 0.717) is 16.9 Å². The van der Waals surface area contributed by atoms with E-state index in [4.69, 9.17) is 24.1 Å². The topological polar surface area (TPSA) is 277 Å². The van der Waals surface area contributed by atoms with Gasteiger partial charge in [-0.3, -0.25) is 38.5 Å². The molecule has 0 aromatic heterocycles. The van der Waals surface area contributed by atoms with E-state index < -0.39 is 121 Å². The van der Waals surface area contributed by atoms with Crippen molar-refractivity contribution in [2.75, 3.05) is 59.8 Å². The summed E-state index contributed by atoms with van der Waals surface area (Å²) in [5, 5.41) is 20.4. The van der Waals surface area contributed by atoms with Gasteiger partial charge in [-0.1, -0.05) is 30.3 Å². The van der Waals surface area contributed by atoms with E-state index in [1.807, 2.05) is 13.8 Å². The van der Waals surface area contributed by atoms with Crippen molar-refractivity contribution in [1.82, 2.24) is 36.4 Å². The van der Waals surface area contributed by atoms with Gasteiger partial charge in [0.1, 0.15) is 36.0 Å². The number of carboxylic acids is 1. The van der Waals surface area contributed by atoms with Crippen LogP contribution in [0, 0.1) is 0 Å². The summed E-state index contributed by atoms with van der Waals surface area (Å²) < 4.78 is 21.7. The Morgan fingerprint density at radius 2 is 1.39 bits per heavy atom. The molecular formula is C39H57N7O14S. The Balaban J connectivity index is 2.13. The number of nitrogens with zero attached hydrogens (tertiary/aromatic N) is 2. The molecule has 22 heteroatoms. The summed E-state index contributed by atoms with van der Waals surface area (Å²) in [5.74, 6) is -7.05. The van der Waals surface area contributed by atoms with Gasteiger partial charge in [-0.15, -0.1) is 12.6 Å². The number of hydrogen-bond acceptors (Lipinski definition) is 14. The van der Waals surface area contributed by atoms with Crippen LogP contribution in [-0.4, -0.2) is 156 Å². The van der Waals surface area contributed by atoms with Crippen LogP contribution in [0.15, 0.2) is 42.5 Å². The fourth-order valence-electron chi connectivity index (χ4n) is 5.21. The normalized spacial score (nSPS) is 14.6. The Hall–Kier alpha value is -5.58. The summed E-state index contributed by atoms with van der Waals surface area (Å²) in [4.78, 5) is 115. The molecule has 2 rings (SSSR count). The average Bonchev–Trinajstić information content (AvgIpc) is 3.50. The summed E-state index contributed by atoms with van der Waals surface area (Å²) in [6, 6.07) is 5.73. The number of benzene rings is 1. The standard InChI is InChI=1S/C39H57N7O14S/c1-37(2,3)60-36(56)45(23-39(6,61)59-16-15-38(4,5)57-7)21-27(46-31(50)13-14-32(46)51)35(55)42-18-28(47)40-20-30(49)44-26(17-25-11-9-8-10-12-25)34(54)41-19-29(48)43-24-58-22-33(52)53/h8-14,26-27,61H,15-24H2,1-7H3,(H,40,47)(H,41,54)(H,42,55)(H,43,48)(H,44,49)(H,52,53)/t26-,27+,39?/m1/s1. The van der Waals surface area contributed by atoms with Gasteiger partial charge in [0.2, 0.25) is 29.5 Å². The van der Waals surface area contributed by atoms with Gasteiger partial charge >= 0.3 is 12.1 Å². The lowest BCUT2D eigenvalue weighted by Crippen LogP contribution is -2.58. The van der Waals surface area contributed by atoms with Crippen LogP contribution in [-0.2, 0) is 63.7 Å². The molecule has 0 spiro atoms. The molecule has 0 saturated heterocycles. The summed E-state index contributed by atoms with van der Waals surface area (Å²) >= 11 is 4.60. The third kappa shape index (κ3) is 20.0. The Bertz CT molecular complexity index is 1750. The molecule has 338 valence electrons. The molecule has 0 aliphatic carbocycles. The lowest BCUT2D eigenvalue weighted by Gasteiger charge is -2.37. The third-order valence-corrected chi connectivity index (χ3v) is 8.75. The quantitative estimate of drug-likeness (QED) is 0.0276. The van der Waals surface area contributed by atoms with Gasteiger partial charge in [0, 0.05) is 25.7 Å². The lowest BCUT2D eigenvalue weighted by molar-refractivity contribution is -0.146. The van der Waals surface area contributed by atoms with Gasteiger partial charge in [-0.2, -0.15) is 0 Å². The molecule has 6 N–H and O–H groups in total. The highest BCUT2D eigenvalue weighted by molar-refractivity contribution is 7.81. The number of carbonyl (C=O) groups is 9. The minimum atomic E-state index is -1.66. The van der Waals surface area contributed by atoms with Gasteiger partial charge in [-0.25, -0.2) is 9.59 Å². The first-order valence-corrected chi connectivity index (χ1v) is 19.5. The van der Waals surface area contributed by atoms with Crippen molar-refractivity contribution < 1.29 is 67.2 Å². The molecule has 61 heavy (non-hydrogen) atoms. The van der Waals surface area contributed by atoms with Crippen molar-refractivity contribution in [3.8, 4) is 0 Å². The summed E-state index contributed by atoms with van der Waals surface area (Å²) in [6.45, 7) is 6.51. The minimum absolute atomic E-state index is 0.000742. The number of thiol groups is 1. The number of aliphatic carboxylic acids is 1. The second-order valence-electron chi connectivity index (χ2n) is 15.5. The van der Waals surface area contributed by atoms with Crippen LogP contribution in [0.25, 0.3) is 0 Å². The van der Waals surface area contributed by atoms with Crippen molar-refractivity contribution in [2.45, 2.75) is 82.6 Å². The minimum Gasteiger partial charge on any atom is -0.480 e. The van der Waals surface area contributed by atoms with Crippen LogP contribution >= 0.6 is 12.6 Å². The fourth-order valence-corrected chi connectivity index (χ4v) is 5.47. The molecular weight excluding hydrogens is 823 g/mol. The lowest BCUT2D eigenvalue weighted by atomic mass is 10.1. The molecule has 1 aliphatic rings. The van der Waals surface area contributed by atoms with Crippen molar-refractivity contribution in [2.24, 2.45) is 0 Å². The first-order chi connectivity index (χ1) is 28.4. The molecule has 1 unspecified atom stereocenters. The Kier molecular flexibility index (Phi) is 20.3. The Labute approximate surface area is 359 Å². The largest absolute Gasteiger partial charge is 0.480 e. The zero-order chi connectivity index (χ0) is 46.0. The third-order valence-electron chi connectivity index (χ3n) is 8.48. The summed E-state index contributed by atoms with van der Waals surface area (Å²) in [6.07, 6.45) is 1.46. The van der Waals surface area contributed by atoms with Crippen LogP contribution in [0.4, 0.5) is 4.79 Å². The molecule has 0 radical (unpaired) electrons. The van der Waals surface area contributed by atoms with Gasteiger partial charge < -0.3 is 55.5 Å². The summed E-state index contributed by atoms with van der Waals surface area (Å²) in [5.41, 5.74) is -0.855. The van der Waals surface area contributed by atoms with Crippen molar-refractivity contribution in [3.63, 3.8) is 0 Å². The smallest absolute Gasteiger partial charge is 0.410 e. The van der Waals surface area contributed by atoms with Gasteiger partial charge in [0.25, 0.3) is 11.8 Å². The Morgan fingerprint density at radius 3 is 1.97 bits per heavy atom. The van der Waals surface area contributed by atoms with Crippen LogP contribution in [0.5, 0.6) is 0 Å². The summed E-state index contributed by atoms with van der Waals surface area (Å²) in [7, 11) is 1.56. The van der Waals surface area contributed by atoms with E-state index in [-0.39, 0.29) is 19.6 Å². The average molecular weight is 880 g/mol. The maximum Gasteiger partial charge on any atom is 0.410 e. The maximum absolute atomic E-state index is 13.7. The monoisotopic (exact) mass is 879 g/mol. The second-order valence-corrected chi connectivity index (χ2v) is 16.4. The number of rotatable bonds is 25. The number of methoxy groups -OCH3 is 1. The number of carboxylic acid groups (broad SMARTS) is 1. The first kappa shape index (κ1) is 51.6. The number of imide groups is 1. The predicted octanol–water partition coefficient (Wildman–Crippen LogP) is -0.754. The van der Waals surface area contributed by atoms with Crippen LogP contribution in [0.3, 0.4) is 0 Å². The molecule has 8 amide bonds. The fraction of sp³-hybridized carbons (Fsp3) is 0.564. The second kappa shape index (κ2) is 24.0. The SMILES string of the molecule is COC(C)(C)CCOC(C)(S)CN(C[C@@H](C(=O)NCC(=O)NCC(=O)N[C@H](Cc1ccccc1)C(=O)NCC(=O)NCOCC(=O)O)N1C(=O)C=CC1=O)C(=O)OC(C)(C)C. The Morgan fingerprint density at radius 1 is 0.820 bits per heavy atom. The van der Waals surface area contributed by atoms with Crippen LogP contribution in [0.2, 0.25) is 0 Å². The van der Waals surface area contributed by atoms with Crippen LogP contribution < -0.4 is 26.6 Å².